The van der Waals surface area contributed by atoms with Crippen molar-refractivity contribution < 1.29 is 0 Å². The predicted octanol–water partition coefficient (Wildman–Crippen LogP) is 4.24. The fourth-order valence-corrected chi connectivity index (χ4v) is 2.68. The molecule has 0 amide bonds. The number of aromatic nitrogens is 2. The van der Waals surface area contributed by atoms with E-state index in [4.69, 9.17) is 11.6 Å². The molecular formula is C13H14ClN3S. The molecule has 1 aliphatic rings. The number of benzene rings is 1. The van der Waals surface area contributed by atoms with Crippen molar-refractivity contribution in [3.05, 3.63) is 40.7 Å². The zero-order valence-corrected chi connectivity index (χ0v) is 11.6. The summed E-state index contributed by atoms with van der Waals surface area (Å²) in [5, 5.41) is 5.05. The lowest BCUT2D eigenvalue weighted by molar-refractivity contribution is 0.875. The average Bonchev–Trinajstić information content (AvgIpc) is 3.11. The lowest BCUT2D eigenvalue weighted by Gasteiger charge is -2.12. The van der Waals surface area contributed by atoms with E-state index in [1.807, 2.05) is 24.3 Å². The molecule has 1 unspecified atom stereocenters. The van der Waals surface area contributed by atoms with E-state index < -0.39 is 0 Å². The zero-order chi connectivity index (χ0) is 12.5. The van der Waals surface area contributed by atoms with Gasteiger partial charge in [0, 0.05) is 22.5 Å². The standard InChI is InChI=1S/C13H14ClN3S/c1-8(9-4-6-11(14)7-5-9)15-13-16-12(17-18-13)10-2-3-10/h4-8,10H,2-3H2,1H3,(H,15,16,17). The van der Waals surface area contributed by atoms with Crippen LogP contribution in [-0.2, 0) is 0 Å². The smallest absolute Gasteiger partial charge is 0.203 e. The summed E-state index contributed by atoms with van der Waals surface area (Å²) in [6.07, 6.45) is 2.48. The molecule has 5 heteroatoms. The Morgan fingerprint density at radius 3 is 2.72 bits per heavy atom. The molecule has 1 N–H and O–H groups in total. The van der Waals surface area contributed by atoms with Gasteiger partial charge in [0.15, 0.2) is 0 Å². The highest BCUT2D eigenvalue weighted by Gasteiger charge is 2.27. The minimum atomic E-state index is 0.210. The predicted molar refractivity (Wildman–Crippen MR) is 75.4 cm³/mol. The normalized spacial score (nSPS) is 16.6. The van der Waals surface area contributed by atoms with Crippen molar-refractivity contribution in [3.8, 4) is 0 Å². The molecule has 0 saturated heterocycles. The van der Waals surface area contributed by atoms with E-state index in [2.05, 4.69) is 21.6 Å². The summed E-state index contributed by atoms with van der Waals surface area (Å²) < 4.78 is 4.39. The van der Waals surface area contributed by atoms with Crippen LogP contribution in [0.1, 0.15) is 43.1 Å². The van der Waals surface area contributed by atoms with Gasteiger partial charge in [-0.05, 0) is 37.5 Å². The fraction of sp³-hybridized carbons (Fsp3) is 0.385. The Morgan fingerprint density at radius 1 is 1.33 bits per heavy atom. The van der Waals surface area contributed by atoms with Crippen LogP contribution in [0.2, 0.25) is 5.02 Å². The van der Waals surface area contributed by atoms with Crippen molar-refractivity contribution in [2.24, 2.45) is 0 Å². The maximum Gasteiger partial charge on any atom is 0.203 e. The van der Waals surface area contributed by atoms with Crippen LogP contribution >= 0.6 is 23.1 Å². The van der Waals surface area contributed by atoms with Crippen molar-refractivity contribution in [3.63, 3.8) is 0 Å². The number of anilines is 1. The van der Waals surface area contributed by atoms with Crippen LogP contribution in [0.15, 0.2) is 24.3 Å². The van der Waals surface area contributed by atoms with Gasteiger partial charge in [-0.3, -0.25) is 0 Å². The van der Waals surface area contributed by atoms with Gasteiger partial charge in [0.05, 0.1) is 6.04 Å². The molecule has 3 nitrogen and oxygen atoms in total. The molecule has 1 atom stereocenters. The van der Waals surface area contributed by atoms with E-state index in [0.717, 1.165) is 16.0 Å². The molecule has 0 radical (unpaired) electrons. The summed E-state index contributed by atoms with van der Waals surface area (Å²) in [7, 11) is 0. The first-order chi connectivity index (χ1) is 8.72. The van der Waals surface area contributed by atoms with Gasteiger partial charge in [-0.15, -0.1) is 0 Å². The SMILES string of the molecule is CC(Nc1nc(C2CC2)ns1)c1ccc(Cl)cc1. The lowest BCUT2D eigenvalue weighted by atomic mass is 10.1. The number of hydrogen-bond donors (Lipinski definition) is 1. The lowest BCUT2D eigenvalue weighted by Crippen LogP contribution is -2.06. The van der Waals surface area contributed by atoms with E-state index in [0.29, 0.717) is 5.92 Å². The fourth-order valence-electron chi connectivity index (χ4n) is 1.82. The number of nitrogens with zero attached hydrogens (tertiary/aromatic N) is 2. The van der Waals surface area contributed by atoms with E-state index in [1.54, 1.807) is 0 Å². The summed E-state index contributed by atoms with van der Waals surface area (Å²) in [5.41, 5.74) is 1.20. The molecule has 1 saturated carbocycles. The van der Waals surface area contributed by atoms with Crippen LogP contribution in [0.3, 0.4) is 0 Å². The highest BCUT2D eigenvalue weighted by molar-refractivity contribution is 7.09. The minimum Gasteiger partial charge on any atom is -0.354 e. The Bertz CT molecular complexity index is 533. The molecule has 1 fully saturated rings. The number of halogens is 1. The van der Waals surface area contributed by atoms with Crippen molar-refractivity contribution in [2.45, 2.75) is 31.7 Å². The van der Waals surface area contributed by atoms with Crippen molar-refractivity contribution in [1.82, 2.24) is 9.36 Å². The molecule has 1 aromatic carbocycles. The Labute approximate surface area is 115 Å². The number of hydrogen-bond acceptors (Lipinski definition) is 4. The third-order valence-corrected chi connectivity index (χ3v) is 4.01. The molecule has 0 aliphatic heterocycles. The zero-order valence-electron chi connectivity index (χ0n) is 10.1. The topological polar surface area (TPSA) is 37.8 Å². The highest BCUT2D eigenvalue weighted by atomic mass is 35.5. The summed E-state index contributed by atoms with van der Waals surface area (Å²) in [5.74, 6) is 1.62. The van der Waals surface area contributed by atoms with Crippen LogP contribution in [0, 0.1) is 0 Å². The van der Waals surface area contributed by atoms with Gasteiger partial charge in [-0.2, -0.15) is 4.37 Å². The third kappa shape index (κ3) is 2.65. The Balaban J connectivity index is 1.68. The first-order valence-electron chi connectivity index (χ1n) is 6.08. The second-order valence-corrected chi connectivity index (χ2v) is 5.84. The van der Waals surface area contributed by atoms with Gasteiger partial charge in [0.1, 0.15) is 5.82 Å². The van der Waals surface area contributed by atoms with Gasteiger partial charge >= 0.3 is 0 Å². The van der Waals surface area contributed by atoms with Gasteiger partial charge in [0.2, 0.25) is 5.13 Å². The van der Waals surface area contributed by atoms with Crippen LogP contribution in [0.5, 0.6) is 0 Å². The quantitative estimate of drug-likeness (QED) is 0.909. The van der Waals surface area contributed by atoms with Gasteiger partial charge < -0.3 is 5.32 Å². The molecule has 2 aromatic rings. The summed E-state index contributed by atoms with van der Waals surface area (Å²) in [6, 6.07) is 8.09. The van der Waals surface area contributed by atoms with Crippen LogP contribution in [0.25, 0.3) is 0 Å². The largest absolute Gasteiger partial charge is 0.354 e. The van der Waals surface area contributed by atoms with E-state index in [9.17, 15) is 0 Å². The third-order valence-electron chi connectivity index (χ3n) is 3.09. The average molecular weight is 280 g/mol. The molecule has 3 rings (SSSR count). The molecule has 94 valence electrons. The van der Waals surface area contributed by atoms with Gasteiger partial charge in [-0.1, -0.05) is 23.7 Å². The monoisotopic (exact) mass is 279 g/mol. The molecule has 1 aliphatic carbocycles. The second-order valence-electron chi connectivity index (χ2n) is 4.65. The molecule has 1 heterocycles. The Hall–Kier alpha value is -1.13. The van der Waals surface area contributed by atoms with Crippen LogP contribution in [-0.4, -0.2) is 9.36 Å². The minimum absolute atomic E-state index is 0.210. The molecule has 1 aromatic heterocycles. The Kier molecular flexibility index (Phi) is 3.22. The maximum atomic E-state index is 5.88. The van der Waals surface area contributed by atoms with Crippen molar-refractivity contribution in [1.29, 1.82) is 0 Å². The number of rotatable bonds is 4. The van der Waals surface area contributed by atoms with E-state index in [1.165, 1.54) is 29.9 Å². The first-order valence-corrected chi connectivity index (χ1v) is 7.23. The summed E-state index contributed by atoms with van der Waals surface area (Å²) in [6.45, 7) is 2.11. The summed E-state index contributed by atoms with van der Waals surface area (Å²) >= 11 is 7.33. The highest BCUT2D eigenvalue weighted by Crippen LogP contribution is 2.39. The first kappa shape index (κ1) is 11.9. The van der Waals surface area contributed by atoms with E-state index >= 15 is 0 Å². The summed E-state index contributed by atoms with van der Waals surface area (Å²) in [4.78, 5) is 4.53. The van der Waals surface area contributed by atoms with Crippen LogP contribution < -0.4 is 5.32 Å². The molecule has 0 bridgehead atoms. The maximum absolute atomic E-state index is 5.88. The molecular weight excluding hydrogens is 266 g/mol. The molecule has 0 spiro atoms. The van der Waals surface area contributed by atoms with Gasteiger partial charge in [-0.25, -0.2) is 4.98 Å². The molecule has 18 heavy (non-hydrogen) atoms. The van der Waals surface area contributed by atoms with Gasteiger partial charge in [0.25, 0.3) is 0 Å². The van der Waals surface area contributed by atoms with Crippen molar-refractivity contribution in [2.75, 3.05) is 5.32 Å². The van der Waals surface area contributed by atoms with Crippen molar-refractivity contribution >= 4 is 28.3 Å². The van der Waals surface area contributed by atoms with E-state index in [-0.39, 0.29) is 6.04 Å². The number of nitrogens with one attached hydrogen (secondary N) is 1. The van der Waals surface area contributed by atoms with Crippen LogP contribution in [0.4, 0.5) is 5.13 Å². The second kappa shape index (κ2) is 4.86. The Morgan fingerprint density at radius 2 is 2.06 bits per heavy atom.